The lowest BCUT2D eigenvalue weighted by atomic mass is 9.96. The zero-order valence-corrected chi connectivity index (χ0v) is 33.3. The standard InChI is InChI=1S/C41H50N6O10/c1-22-36(49)43-23(2)39(52)45(4)30(19-25-9-14-28(55-7)15-10-25)38(51)44-24(3)40(53)47(6)34-35(48)27-12-16-29(17-13-27)57-33-21-26(11-18-32(33)56-8)20-31(37(50)42-22)46(5)41(34)54/h9-18,21-24,30-31,34-35,48H,19-20H2,1-8H3,(H,42,50)(H,43,49)(H,44,51)/t22-,23+,24+,30+,31+,34+,35-/m1/s1. The van der Waals surface area contributed by atoms with E-state index >= 15 is 0 Å². The van der Waals surface area contributed by atoms with Crippen LogP contribution in [0.15, 0.2) is 66.7 Å². The summed E-state index contributed by atoms with van der Waals surface area (Å²) in [4.78, 5) is 87.9. The van der Waals surface area contributed by atoms with Gasteiger partial charge in [-0.05, 0) is 73.9 Å². The molecule has 0 aliphatic carbocycles. The number of likely N-dealkylation sites (N-methyl/N-ethyl adjacent to an activating group) is 3. The quantitative estimate of drug-likeness (QED) is 0.300. The van der Waals surface area contributed by atoms with E-state index in [1.54, 1.807) is 66.7 Å². The Morgan fingerprint density at radius 1 is 0.684 bits per heavy atom. The third-order valence-corrected chi connectivity index (χ3v) is 10.5. The lowest BCUT2D eigenvalue weighted by Crippen LogP contribution is -2.62. The molecule has 3 aromatic carbocycles. The lowest BCUT2D eigenvalue weighted by molar-refractivity contribution is -0.153. The van der Waals surface area contributed by atoms with Crippen molar-refractivity contribution >= 4 is 35.4 Å². The maximum absolute atomic E-state index is 14.7. The van der Waals surface area contributed by atoms with E-state index in [1.165, 1.54) is 61.0 Å². The van der Waals surface area contributed by atoms with E-state index in [4.69, 9.17) is 14.2 Å². The van der Waals surface area contributed by atoms with Gasteiger partial charge >= 0.3 is 0 Å². The summed E-state index contributed by atoms with van der Waals surface area (Å²) < 4.78 is 16.9. The number of hydrogen-bond donors (Lipinski definition) is 4. The topological polar surface area (TPSA) is 196 Å². The van der Waals surface area contributed by atoms with E-state index in [0.717, 1.165) is 9.80 Å². The molecule has 57 heavy (non-hydrogen) atoms. The Labute approximate surface area is 331 Å². The molecule has 3 aliphatic rings. The van der Waals surface area contributed by atoms with Crippen LogP contribution in [0, 0.1) is 0 Å². The molecular formula is C41H50N6O10. The molecular weight excluding hydrogens is 736 g/mol. The van der Waals surface area contributed by atoms with Gasteiger partial charge in [0.05, 0.1) is 14.2 Å². The number of aliphatic hydroxyl groups excluding tert-OH is 1. The zero-order chi connectivity index (χ0) is 41.7. The largest absolute Gasteiger partial charge is 0.497 e. The average Bonchev–Trinajstić information content (AvgIpc) is 3.20. The molecule has 3 aliphatic heterocycles. The van der Waals surface area contributed by atoms with Crippen LogP contribution in [-0.2, 0) is 41.6 Å². The fraction of sp³-hybridized carbons (Fsp3) is 0.415. The predicted molar refractivity (Wildman–Crippen MR) is 207 cm³/mol. The molecule has 7 atom stereocenters. The van der Waals surface area contributed by atoms with Crippen LogP contribution < -0.4 is 30.2 Å². The van der Waals surface area contributed by atoms with Crippen LogP contribution >= 0.6 is 0 Å². The van der Waals surface area contributed by atoms with E-state index < -0.39 is 77.8 Å². The van der Waals surface area contributed by atoms with Crippen molar-refractivity contribution in [1.82, 2.24) is 30.7 Å². The lowest BCUT2D eigenvalue weighted by Gasteiger charge is -2.38. The number of carbonyl (C=O) groups is 6. The summed E-state index contributed by atoms with van der Waals surface area (Å²) >= 11 is 0. The number of fused-ring (bicyclic) bond motifs is 2. The van der Waals surface area contributed by atoms with E-state index in [9.17, 15) is 33.9 Å². The Morgan fingerprint density at radius 3 is 1.89 bits per heavy atom. The fourth-order valence-electron chi connectivity index (χ4n) is 6.91. The van der Waals surface area contributed by atoms with Gasteiger partial charge in [0, 0.05) is 34.0 Å². The number of rotatable bonds is 4. The highest BCUT2D eigenvalue weighted by molar-refractivity contribution is 5.98. The molecule has 304 valence electrons. The number of nitrogens with one attached hydrogen (secondary N) is 3. The third kappa shape index (κ3) is 9.28. The molecule has 0 saturated carbocycles. The molecule has 6 bridgehead atoms. The van der Waals surface area contributed by atoms with Gasteiger partial charge in [-0.3, -0.25) is 28.8 Å². The number of benzene rings is 3. The molecule has 3 heterocycles. The summed E-state index contributed by atoms with van der Waals surface area (Å²) in [6.07, 6.45) is -1.67. The Morgan fingerprint density at radius 2 is 1.28 bits per heavy atom. The van der Waals surface area contributed by atoms with E-state index in [0.29, 0.717) is 34.1 Å². The highest BCUT2D eigenvalue weighted by Crippen LogP contribution is 2.35. The van der Waals surface area contributed by atoms with E-state index in [1.807, 2.05) is 0 Å². The van der Waals surface area contributed by atoms with E-state index in [2.05, 4.69) is 16.0 Å². The number of methoxy groups -OCH3 is 2. The van der Waals surface area contributed by atoms with E-state index in [-0.39, 0.29) is 18.4 Å². The minimum absolute atomic E-state index is 0.0311. The van der Waals surface area contributed by atoms with Gasteiger partial charge in [0.15, 0.2) is 11.5 Å². The van der Waals surface area contributed by atoms with Crippen molar-refractivity contribution in [3.63, 3.8) is 0 Å². The monoisotopic (exact) mass is 786 g/mol. The SMILES string of the molecule is COc1ccc(C[C@H]2C(=O)N[C@@H](C)C(=O)N(C)[C@@H]3C(=O)N(C)[C@@H](Cc4ccc(OC)c(c4)Oc4ccc(cc4)[C@H]3O)C(=O)N[C@H](C)C(=O)N[C@@H](C)C(=O)N2C)cc1. The van der Waals surface area contributed by atoms with Gasteiger partial charge in [-0.15, -0.1) is 0 Å². The molecule has 6 amide bonds. The molecule has 1 fully saturated rings. The van der Waals surface area contributed by atoms with Crippen LogP contribution in [0.2, 0.25) is 0 Å². The Bertz CT molecular complexity index is 1990. The molecule has 1 saturated heterocycles. The zero-order valence-electron chi connectivity index (χ0n) is 33.3. The molecule has 3 aromatic rings. The van der Waals surface area contributed by atoms with Crippen LogP contribution in [0.5, 0.6) is 23.0 Å². The minimum atomic E-state index is -1.62. The van der Waals surface area contributed by atoms with Crippen LogP contribution in [0.25, 0.3) is 0 Å². The molecule has 16 nitrogen and oxygen atoms in total. The van der Waals surface area contributed by atoms with Gasteiger partial charge < -0.3 is 50.0 Å². The maximum atomic E-state index is 14.7. The van der Waals surface area contributed by atoms with Crippen molar-refractivity contribution in [2.24, 2.45) is 0 Å². The summed E-state index contributed by atoms with van der Waals surface area (Å²) in [7, 11) is 7.12. The second-order valence-electron chi connectivity index (χ2n) is 14.4. The smallest absolute Gasteiger partial charge is 0.248 e. The first-order valence-corrected chi connectivity index (χ1v) is 18.5. The first kappa shape index (κ1) is 42.0. The van der Waals surface area contributed by atoms with Crippen molar-refractivity contribution < 1.29 is 48.1 Å². The minimum Gasteiger partial charge on any atom is -0.497 e. The maximum Gasteiger partial charge on any atom is 0.248 e. The molecule has 4 N–H and O–H groups in total. The highest BCUT2D eigenvalue weighted by atomic mass is 16.5. The van der Waals surface area contributed by atoms with Gasteiger partial charge in [-0.1, -0.05) is 30.3 Å². The van der Waals surface area contributed by atoms with Gasteiger partial charge in [-0.25, -0.2) is 0 Å². The van der Waals surface area contributed by atoms with Crippen molar-refractivity contribution in [1.29, 1.82) is 0 Å². The number of carbonyl (C=O) groups excluding carboxylic acids is 6. The second-order valence-corrected chi connectivity index (χ2v) is 14.4. The summed E-state index contributed by atoms with van der Waals surface area (Å²) in [6.45, 7) is 4.32. The number of nitrogens with zero attached hydrogens (tertiary/aromatic N) is 3. The first-order valence-electron chi connectivity index (χ1n) is 18.5. The first-order chi connectivity index (χ1) is 27.0. The van der Waals surface area contributed by atoms with Gasteiger partial charge in [0.2, 0.25) is 35.4 Å². The fourth-order valence-corrected chi connectivity index (χ4v) is 6.91. The Balaban J connectivity index is 1.60. The van der Waals surface area contributed by atoms with Crippen LogP contribution in [0.3, 0.4) is 0 Å². The summed E-state index contributed by atoms with van der Waals surface area (Å²) in [6, 6.07) is 10.6. The molecule has 0 radical (unpaired) electrons. The van der Waals surface area contributed by atoms with Gasteiger partial charge in [0.1, 0.15) is 53.9 Å². The predicted octanol–water partition coefficient (Wildman–Crippen LogP) is 1.34. The highest BCUT2D eigenvalue weighted by Gasteiger charge is 2.42. The van der Waals surface area contributed by atoms with Crippen molar-refractivity contribution in [2.75, 3.05) is 35.4 Å². The summed E-state index contributed by atoms with van der Waals surface area (Å²) in [5, 5.41) is 19.9. The Hall–Kier alpha value is -6.16. The number of hydrogen-bond acceptors (Lipinski definition) is 10. The molecule has 6 rings (SSSR count). The van der Waals surface area contributed by atoms with Gasteiger partial charge in [0.25, 0.3) is 0 Å². The van der Waals surface area contributed by atoms with Crippen molar-refractivity contribution in [3.05, 3.63) is 83.4 Å². The molecule has 16 heteroatoms. The molecule has 0 spiro atoms. The van der Waals surface area contributed by atoms with Crippen molar-refractivity contribution in [2.45, 2.75) is 76.0 Å². The second kappa shape index (κ2) is 17.7. The van der Waals surface area contributed by atoms with Crippen LogP contribution in [0.4, 0.5) is 0 Å². The average molecular weight is 787 g/mol. The number of ether oxygens (including phenoxy) is 3. The Kier molecular flexibility index (Phi) is 13.1. The van der Waals surface area contributed by atoms with Crippen molar-refractivity contribution in [3.8, 4) is 23.0 Å². The summed E-state index contributed by atoms with van der Waals surface area (Å²) in [5.74, 6) is -2.52. The number of amides is 6. The summed E-state index contributed by atoms with van der Waals surface area (Å²) in [5.41, 5.74) is 1.49. The van der Waals surface area contributed by atoms with Crippen LogP contribution in [0.1, 0.15) is 43.6 Å². The van der Waals surface area contributed by atoms with Crippen LogP contribution in [-0.4, -0.2) is 127 Å². The third-order valence-electron chi connectivity index (χ3n) is 10.5. The van der Waals surface area contributed by atoms with Gasteiger partial charge in [-0.2, -0.15) is 0 Å². The number of aliphatic hydroxyl groups is 1. The molecule has 0 unspecified atom stereocenters. The molecule has 0 aromatic heterocycles. The normalized spacial score (nSPS) is 25.4.